The zero-order valence-electron chi connectivity index (χ0n) is 16.8. The Kier molecular flexibility index (Phi) is 6.47. The lowest BCUT2D eigenvalue weighted by Gasteiger charge is -2.14. The highest BCUT2D eigenvalue weighted by molar-refractivity contribution is 7.99. The molecular formula is C24H24N2O3S. The molecule has 0 bridgehead atoms. The Labute approximate surface area is 179 Å². The summed E-state index contributed by atoms with van der Waals surface area (Å²) in [5.41, 5.74) is 1.70. The smallest absolute Gasteiger partial charge is 0.262 e. The molecule has 0 aliphatic heterocycles. The minimum atomic E-state index is -0.645. The molecule has 5 nitrogen and oxygen atoms in total. The van der Waals surface area contributed by atoms with Crippen molar-refractivity contribution in [3.05, 3.63) is 82.6 Å². The maximum Gasteiger partial charge on any atom is 0.262 e. The van der Waals surface area contributed by atoms with Crippen molar-refractivity contribution in [1.82, 2.24) is 9.55 Å². The molecule has 0 aliphatic carbocycles. The van der Waals surface area contributed by atoms with Gasteiger partial charge < -0.3 is 9.84 Å². The van der Waals surface area contributed by atoms with Crippen LogP contribution in [0.25, 0.3) is 21.7 Å². The molecule has 154 valence electrons. The fraction of sp³-hybridized carbons (Fsp3) is 0.250. The largest absolute Gasteiger partial charge is 0.390 e. The molecule has 1 aromatic heterocycles. The lowest BCUT2D eigenvalue weighted by atomic mass is 10.1. The van der Waals surface area contributed by atoms with E-state index in [2.05, 4.69) is 0 Å². The highest BCUT2D eigenvalue weighted by atomic mass is 32.2. The number of nitrogens with zero attached hydrogens (tertiary/aromatic N) is 2. The van der Waals surface area contributed by atoms with Crippen LogP contribution >= 0.6 is 11.8 Å². The van der Waals surface area contributed by atoms with Crippen molar-refractivity contribution < 1.29 is 9.84 Å². The minimum Gasteiger partial charge on any atom is -0.390 e. The number of aliphatic hydroxyl groups is 1. The maximum absolute atomic E-state index is 13.0. The summed E-state index contributed by atoms with van der Waals surface area (Å²) in [7, 11) is 0. The van der Waals surface area contributed by atoms with Gasteiger partial charge in [0.2, 0.25) is 0 Å². The number of fused-ring (bicyclic) bond motifs is 2. The third-order valence-electron chi connectivity index (χ3n) is 4.93. The number of ether oxygens (including phenoxy) is 1. The van der Waals surface area contributed by atoms with E-state index < -0.39 is 6.10 Å². The van der Waals surface area contributed by atoms with E-state index in [1.807, 2.05) is 73.7 Å². The van der Waals surface area contributed by atoms with Crippen molar-refractivity contribution in [3.8, 4) is 0 Å². The van der Waals surface area contributed by atoms with Crippen molar-refractivity contribution >= 4 is 33.4 Å². The molecule has 6 heteroatoms. The van der Waals surface area contributed by atoms with Gasteiger partial charge in [0.15, 0.2) is 5.16 Å². The summed E-state index contributed by atoms with van der Waals surface area (Å²) >= 11 is 1.38. The normalized spacial score (nSPS) is 12.5. The van der Waals surface area contributed by atoms with Gasteiger partial charge in [0.25, 0.3) is 5.56 Å². The first-order valence-corrected chi connectivity index (χ1v) is 11.0. The van der Waals surface area contributed by atoms with Crippen molar-refractivity contribution in [2.24, 2.45) is 0 Å². The topological polar surface area (TPSA) is 64.3 Å². The third-order valence-corrected chi connectivity index (χ3v) is 6.05. The Hall–Kier alpha value is -2.67. The fourth-order valence-corrected chi connectivity index (χ4v) is 4.35. The van der Waals surface area contributed by atoms with Crippen LogP contribution in [-0.2, 0) is 17.9 Å². The number of aromatic nitrogens is 2. The van der Waals surface area contributed by atoms with Gasteiger partial charge in [-0.05, 0) is 35.4 Å². The molecule has 4 aromatic rings. The average Bonchev–Trinajstić information content (AvgIpc) is 2.77. The molecule has 0 spiro atoms. The second kappa shape index (κ2) is 9.43. The summed E-state index contributed by atoms with van der Waals surface area (Å²) in [6, 6.07) is 21.7. The van der Waals surface area contributed by atoms with Gasteiger partial charge in [-0.25, -0.2) is 4.98 Å². The number of rotatable bonds is 8. The molecule has 1 heterocycles. The molecule has 30 heavy (non-hydrogen) atoms. The highest BCUT2D eigenvalue weighted by Gasteiger charge is 2.14. The lowest BCUT2D eigenvalue weighted by molar-refractivity contribution is 0.0397. The number of benzene rings is 3. The van der Waals surface area contributed by atoms with E-state index in [0.29, 0.717) is 35.0 Å². The van der Waals surface area contributed by atoms with Crippen LogP contribution in [0.2, 0.25) is 0 Å². The Morgan fingerprint density at radius 3 is 2.50 bits per heavy atom. The Balaban J connectivity index is 1.48. The van der Waals surface area contributed by atoms with Crippen LogP contribution < -0.4 is 5.56 Å². The highest BCUT2D eigenvalue weighted by Crippen LogP contribution is 2.23. The van der Waals surface area contributed by atoms with Gasteiger partial charge in [-0.3, -0.25) is 9.36 Å². The average molecular weight is 421 g/mol. The van der Waals surface area contributed by atoms with Gasteiger partial charge in [0.1, 0.15) is 0 Å². The van der Waals surface area contributed by atoms with Crippen molar-refractivity contribution in [3.63, 3.8) is 0 Å². The monoisotopic (exact) mass is 420 g/mol. The number of thioether (sulfide) groups is 1. The maximum atomic E-state index is 13.0. The Bertz CT molecular complexity index is 1210. The van der Waals surface area contributed by atoms with E-state index >= 15 is 0 Å². The summed E-state index contributed by atoms with van der Waals surface area (Å²) < 4.78 is 7.28. The second-order valence-corrected chi connectivity index (χ2v) is 8.11. The minimum absolute atomic E-state index is 0.0504. The Morgan fingerprint density at radius 1 is 1.07 bits per heavy atom. The van der Waals surface area contributed by atoms with E-state index in [1.165, 1.54) is 11.8 Å². The number of aliphatic hydroxyl groups excluding tert-OH is 1. The van der Waals surface area contributed by atoms with E-state index in [9.17, 15) is 9.90 Å². The molecular weight excluding hydrogens is 396 g/mol. The Morgan fingerprint density at radius 2 is 1.77 bits per heavy atom. The first kappa shape index (κ1) is 20.6. The summed E-state index contributed by atoms with van der Waals surface area (Å²) in [4.78, 5) is 17.8. The molecule has 0 saturated carbocycles. The molecule has 1 unspecified atom stereocenters. The first-order chi connectivity index (χ1) is 14.7. The van der Waals surface area contributed by atoms with E-state index in [4.69, 9.17) is 9.72 Å². The molecule has 4 rings (SSSR count). The standard InChI is InChI=1S/C24H24N2O3S/c1-2-26-23(28)21-12-18-10-6-7-11-19(18)13-22(21)25-24(26)30-16-20(27)15-29-14-17-8-4-3-5-9-17/h3-13,20,27H,2,14-16H2,1H3. The van der Waals surface area contributed by atoms with Crippen LogP contribution in [-0.4, -0.2) is 33.1 Å². The van der Waals surface area contributed by atoms with E-state index in [-0.39, 0.29) is 12.2 Å². The van der Waals surface area contributed by atoms with Crippen LogP contribution in [0.15, 0.2) is 76.7 Å². The van der Waals surface area contributed by atoms with Crippen LogP contribution in [0.5, 0.6) is 0 Å². The summed E-state index contributed by atoms with van der Waals surface area (Å²) in [6.07, 6.45) is -0.645. The fourth-order valence-electron chi connectivity index (χ4n) is 3.38. The molecule has 0 saturated heterocycles. The van der Waals surface area contributed by atoms with Crippen molar-refractivity contribution in [2.75, 3.05) is 12.4 Å². The van der Waals surface area contributed by atoms with Gasteiger partial charge in [-0.1, -0.05) is 66.4 Å². The number of hydrogen-bond acceptors (Lipinski definition) is 5. The predicted molar refractivity (Wildman–Crippen MR) is 122 cm³/mol. The molecule has 0 fully saturated rings. The summed E-state index contributed by atoms with van der Waals surface area (Å²) in [5, 5.41) is 13.6. The van der Waals surface area contributed by atoms with Crippen LogP contribution in [0, 0.1) is 0 Å². The molecule has 1 atom stereocenters. The molecule has 0 aliphatic rings. The summed E-state index contributed by atoms with van der Waals surface area (Å²) in [6.45, 7) is 3.15. The van der Waals surface area contributed by atoms with Gasteiger partial charge in [-0.2, -0.15) is 0 Å². The zero-order chi connectivity index (χ0) is 20.9. The molecule has 1 N–H and O–H groups in total. The van der Waals surface area contributed by atoms with E-state index in [1.54, 1.807) is 4.57 Å². The van der Waals surface area contributed by atoms with E-state index in [0.717, 1.165) is 16.3 Å². The van der Waals surface area contributed by atoms with Crippen molar-refractivity contribution in [2.45, 2.75) is 31.3 Å². The second-order valence-electron chi connectivity index (χ2n) is 7.13. The SMILES string of the molecule is CCn1c(SCC(O)COCc2ccccc2)nc2cc3ccccc3cc2c1=O. The van der Waals surface area contributed by atoms with Crippen LogP contribution in [0.3, 0.4) is 0 Å². The third kappa shape index (κ3) is 4.56. The predicted octanol–water partition coefficient (Wildman–Crippen LogP) is 4.24. The van der Waals surface area contributed by atoms with Crippen molar-refractivity contribution in [1.29, 1.82) is 0 Å². The number of hydrogen-bond donors (Lipinski definition) is 1. The zero-order valence-corrected chi connectivity index (χ0v) is 17.6. The molecule has 0 amide bonds. The van der Waals surface area contributed by atoms with Gasteiger partial charge in [-0.15, -0.1) is 0 Å². The first-order valence-electron chi connectivity index (χ1n) is 10.0. The lowest BCUT2D eigenvalue weighted by Crippen LogP contribution is -2.24. The summed E-state index contributed by atoms with van der Waals surface area (Å²) in [5.74, 6) is 0.403. The van der Waals surface area contributed by atoms with Gasteiger partial charge >= 0.3 is 0 Å². The van der Waals surface area contributed by atoms with Crippen LogP contribution in [0.1, 0.15) is 12.5 Å². The van der Waals surface area contributed by atoms with Crippen LogP contribution in [0.4, 0.5) is 0 Å². The van der Waals surface area contributed by atoms with Gasteiger partial charge in [0, 0.05) is 12.3 Å². The molecule has 0 radical (unpaired) electrons. The quantitative estimate of drug-likeness (QED) is 0.262. The van der Waals surface area contributed by atoms with Gasteiger partial charge in [0.05, 0.1) is 30.2 Å². The molecule has 3 aromatic carbocycles.